The van der Waals surface area contributed by atoms with Crippen LogP contribution in [0.4, 0.5) is 0 Å². The van der Waals surface area contributed by atoms with Crippen LogP contribution in [-0.4, -0.2) is 71.1 Å². The summed E-state index contributed by atoms with van der Waals surface area (Å²) in [5.74, 6) is 5.32. The average Bonchev–Trinajstić information content (AvgIpc) is 1.64. The molecule has 0 radical (unpaired) electrons. The first kappa shape index (κ1) is 96.7. The molecule has 8 heterocycles. The van der Waals surface area contributed by atoms with E-state index < -0.39 is 0 Å². The zero-order chi connectivity index (χ0) is 86.1. The number of nitrogens with zero attached hydrogens (tertiary/aromatic N) is 8. The van der Waals surface area contributed by atoms with Crippen molar-refractivity contribution >= 4 is 71.0 Å². The second kappa shape index (κ2) is 41.1. The molecular formula is C102H140N8O8Zn2. The molecule has 12 atom stereocenters. The first-order chi connectivity index (χ1) is 55.6. The minimum absolute atomic E-state index is 0. The summed E-state index contributed by atoms with van der Waals surface area (Å²) in [6, 6.07) is 0. The number of aromatic nitrogens is 4. The van der Waals surface area contributed by atoms with Gasteiger partial charge in [0.15, 0.2) is 0 Å². The fraction of sp³-hybridized carbons (Fsp3) is 0.608. The number of aryl methyl sites for hydroxylation is 4. The Bertz CT molecular complexity index is 4610. The number of rotatable bonds is 24. The predicted octanol–water partition coefficient (Wildman–Crippen LogP) is 22.6. The standard InChI is InChI=1S/2C51H70N4O4.2Zn/c2*1-26(2)38-17-15-28(5)19-48(38)58-50(56)22-42-32(9)46(54-36(42)13)24-44-30(7)40(34(11)52-44)21-41-31(8)45(53-35(41)12)25-47-33(10)43(37(14)55-47)23-51(57)59-49-20-29(6)16-18-39(49)27(3)4;;/h2*24-29,38-39,48-49H,15-23H2,1-14H3;;/q2*-2;2*+2/t2*28-,29-,38+,39+,48-,49-;;/m11../s1. The molecule has 16 nitrogen and oxygen atoms in total. The van der Waals surface area contributed by atoms with Gasteiger partial charge in [-0.2, -0.15) is 22.8 Å². The van der Waals surface area contributed by atoms with Gasteiger partial charge < -0.3 is 38.9 Å². The Morgan fingerprint density at radius 3 is 0.767 bits per heavy atom. The van der Waals surface area contributed by atoms with Gasteiger partial charge in [0.2, 0.25) is 0 Å². The first-order valence-electron chi connectivity index (χ1n) is 44.8. The second-order valence-electron chi connectivity index (χ2n) is 38.5. The molecule has 4 aromatic rings. The molecule has 640 valence electrons. The molecule has 0 saturated heterocycles. The van der Waals surface area contributed by atoms with Crippen molar-refractivity contribution in [2.24, 2.45) is 91.0 Å². The number of ether oxygens (including phenoxy) is 4. The van der Waals surface area contributed by atoms with Crippen LogP contribution in [-0.2, 0) is 103 Å². The summed E-state index contributed by atoms with van der Waals surface area (Å²) in [4.78, 5) is 93.1. The summed E-state index contributed by atoms with van der Waals surface area (Å²) < 4.78 is 24.7. The van der Waals surface area contributed by atoms with Crippen LogP contribution >= 0.6 is 0 Å². The van der Waals surface area contributed by atoms with Gasteiger partial charge in [0.1, 0.15) is 24.4 Å². The molecule has 8 aliphatic rings. The summed E-state index contributed by atoms with van der Waals surface area (Å²) >= 11 is 0. The Balaban J connectivity index is 0.000000269. The molecule has 120 heavy (non-hydrogen) atoms. The van der Waals surface area contributed by atoms with Gasteiger partial charge >= 0.3 is 62.8 Å². The van der Waals surface area contributed by atoms with Crippen molar-refractivity contribution in [2.75, 3.05) is 0 Å². The molecule has 4 saturated carbocycles. The molecular weight excluding hydrogens is 1600 g/mol. The van der Waals surface area contributed by atoms with Gasteiger partial charge in [-0.15, -0.1) is 22.8 Å². The van der Waals surface area contributed by atoms with E-state index in [1.165, 1.54) is 48.0 Å². The van der Waals surface area contributed by atoms with Crippen molar-refractivity contribution in [2.45, 2.75) is 334 Å². The molecule has 0 spiro atoms. The number of hydrogen-bond acceptors (Lipinski definition) is 12. The SMILES string of the molecule is CC1=N/C(=C\c2[n-]c(C)c(CC3=C(C)/C(=C/c4[n-]c(C)c(CC(=O)O[C@@H]5C[C@H](C)CC[C@H]5C(C)C)c4C)N=C3C)c2C)C(C)=C1CC(=O)O[C@@H]1C[C@H](C)CC[C@H]1C(C)C.CC1=N/C(=C\c2[n-]c(C)c(CC3=C(C)/C(=C/c4[n-]c(C)c(CC(=O)O[C@@H]5C[C@H](C)CC[C@H]5C(C)C)c4C)N=C3C)c2C)C(C)=C1CC(=O)O[C@@H]1C[C@H](C)CC[C@H]1C(C)C.[Zn+2].[Zn+2]. The van der Waals surface area contributed by atoms with Gasteiger partial charge in [0.25, 0.3) is 0 Å². The van der Waals surface area contributed by atoms with Gasteiger partial charge in [0, 0.05) is 22.8 Å². The van der Waals surface area contributed by atoms with E-state index in [1.807, 2.05) is 27.7 Å². The number of allylic oxidation sites excluding steroid dienone is 6. The summed E-state index contributed by atoms with van der Waals surface area (Å²) in [6.07, 6.45) is 23.7. The van der Waals surface area contributed by atoms with Crippen molar-refractivity contribution in [3.63, 3.8) is 0 Å². The molecule has 0 aromatic carbocycles. The molecule has 12 rings (SSSR count). The molecule has 18 heteroatoms. The Kier molecular flexibility index (Phi) is 33.1. The summed E-state index contributed by atoms with van der Waals surface area (Å²) in [5, 5.41) is 0. The van der Waals surface area contributed by atoms with Gasteiger partial charge in [-0.3, -0.25) is 39.1 Å². The monoisotopic (exact) mass is 1730 g/mol. The van der Waals surface area contributed by atoms with Crippen LogP contribution in [0.1, 0.15) is 318 Å². The smallest absolute Gasteiger partial charge is 0.661 e. The van der Waals surface area contributed by atoms with E-state index >= 15 is 0 Å². The van der Waals surface area contributed by atoms with E-state index in [0.717, 1.165) is 222 Å². The molecule has 0 unspecified atom stereocenters. The van der Waals surface area contributed by atoms with Crippen LogP contribution in [0.2, 0.25) is 0 Å². The van der Waals surface area contributed by atoms with Gasteiger partial charge in [0.05, 0.1) is 48.5 Å². The van der Waals surface area contributed by atoms with E-state index in [2.05, 4.69) is 190 Å². The van der Waals surface area contributed by atoms with Gasteiger partial charge in [-0.05, 0) is 263 Å². The minimum atomic E-state index is -0.157. The largest absolute Gasteiger partial charge is 2.00 e. The van der Waals surface area contributed by atoms with Crippen LogP contribution in [0.25, 0.3) is 24.3 Å². The molecule has 4 aliphatic heterocycles. The number of esters is 4. The van der Waals surface area contributed by atoms with Crippen molar-refractivity contribution in [3.8, 4) is 0 Å². The van der Waals surface area contributed by atoms with Crippen LogP contribution < -0.4 is 19.9 Å². The molecule has 4 aliphatic carbocycles. The maximum atomic E-state index is 13.3. The molecule has 4 aromatic heterocycles. The van der Waals surface area contributed by atoms with E-state index in [1.54, 1.807) is 0 Å². The van der Waals surface area contributed by atoms with Crippen LogP contribution in [0.3, 0.4) is 0 Å². The van der Waals surface area contributed by atoms with E-state index in [-0.39, 0.29) is 113 Å². The number of carbonyl (C=O) groups is 4. The second-order valence-corrected chi connectivity index (χ2v) is 38.5. The minimum Gasteiger partial charge on any atom is -0.661 e. The Morgan fingerprint density at radius 1 is 0.317 bits per heavy atom. The maximum absolute atomic E-state index is 13.3. The summed E-state index contributed by atoms with van der Waals surface area (Å²) in [7, 11) is 0. The first-order valence-corrected chi connectivity index (χ1v) is 44.8. The molecule has 0 amide bonds. The molecule has 0 N–H and O–H groups in total. The van der Waals surface area contributed by atoms with Crippen LogP contribution in [0.5, 0.6) is 0 Å². The topological polar surface area (TPSA) is 211 Å². The van der Waals surface area contributed by atoms with E-state index in [4.69, 9.17) is 58.9 Å². The van der Waals surface area contributed by atoms with Crippen LogP contribution in [0.15, 0.2) is 87.3 Å². The third-order valence-corrected chi connectivity index (χ3v) is 28.6. The summed E-state index contributed by atoms with van der Waals surface area (Å²) in [5.41, 5.74) is 31.6. The van der Waals surface area contributed by atoms with Crippen molar-refractivity contribution in [3.05, 3.63) is 157 Å². The fourth-order valence-corrected chi connectivity index (χ4v) is 20.6. The number of carbonyl (C=O) groups excluding carboxylic acids is 4. The predicted molar refractivity (Wildman–Crippen MR) is 481 cm³/mol. The maximum Gasteiger partial charge on any atom is 2.00 e. The van der Waals surface area contributed by atoms with Crippen LogP contribution in [0, 0.1) is 126 Å². The van der Waals surface area contributed by atoms with Gasteiger partial charge in [-0.25, -0.2) is 0 Å². The number of hydrogen-bond donors (Lipinski definition) is 0. The van der Waals surface area contributed by atoms with E-state index in [9.17, 15) is 19.2 Å². The normalized spacial score (nSPS) is 26.1. The number of aliphatic imine (C=N–C) groups is 4. The zero-order valence-electron chi connectivity index (χ0n) is 78.5. The van der Waals surface area contributed by atoms with Gasteiger partial charge in [-0.1, -0.05) is 205 Å². The average molecular weight is 1740 g/mol. The van der Waals surface area contributed by atoms with Crippen molar-refractivity contribution < 1.29 is 77.1 Å². The Hall–Kier alpha value is -7.15. The van der Waals surface area contributed by atoms with Crippen molar-refractivity contribution in [1.29, 1.82) is 0 Å². The Morgan fingerprint density at radius 2 is 0.525 bits per heavy atom. The third-order valence-electron chi connectivity index (χ3n) is 28.6. The van der Waals surface area contributed by atoms with E-state index in [0.29, 0.717) is 71.0 Å². The molecule has 0 bridgehead atoms. The quantitative estimate of drug-likeness (QED) is 0.0364. The zero-order valence-corrected chi connectivity index (χ0v) is 84.5. The third kappa shape index (κ3) is 22.3. The van der Waals surface area contributed by atoms with Crippen molar-refractivity contribution in [1.82, 2.24) is 19.9 Å². The summed E-state index contributed by atoms with van der Waals surface area (Å²) in [6.45, 7) is 60.0. The molecule has 4 fully saturated rings. The fourth-order valence-electron chi connectivity index (χ4n) is 20.6. The Labute approximate surface area is 745 Å².